The molecule has 336 valence electrons. The molecular formula is C48H98N2O6. The highest BCUT2D eigenvalue weighted by molar-refractivity contribution is 5.67. The Morgan fingerprint density at radius 1 is 0.482 bits per heavy atom. The van der Waals surface area contributed by atoms with Gasteiger partial charge in [-0.15, -0.1) is 0 Å². The monoisotopic (exact) mass is 799 g/mol. The van der Waals surface area contributed by atoms with Crippen LogP contribution in [0.5, 0.6) is 0 Å². The number of rotatable bonds is 47. The SMILES string of the molecule is CCCCCCCCCCCCCCCCCCOCC(COC(=O)NCCCON(C)COC(C)C)OCCCCCCCCCCCCCCCCCC. The van der Waals surface area contributed by atoms with E-state index in [4.69, 9.17) is 23.8 Å². The van der Waals surface area contributed by atoms with Crippen molar-refractivity contribution in [1.82, 2.24) is 10.4 Å². The minimum atomic E-state index is -0.421. The van der Waals surface area contributed by atoms with Crippen molar-refractivity contribution in [3.05, 3.63) is 0 Å². The van der Waals surface area contributed by atoms with Crippen LogP contribution in [-0.4, -0.2) is 76.7 Å². The van der Waals surface area contributed by atoms with Crippen molar-refractivity contribution < 1.29 is 28.6 Å². The number of carbonyl (C=O) groups excluding carboxylic acids is 1. The lowest BCUT2D eigenvalue weighted by molar-refractivity contribution is -0.199. The largest absolute Gasteiger partial charge is 0.447 e. The fourth-order valence-corrected chi connectivity index (χ4v) is 7.01. The Hall–Kier alpha value is -0.930. The number of amides is 1. The van der Waals surface area contributed by atoms with E-state index >= 15 is 0 Å². The average Bonchev–Trinajstić information content (AvgIpc) is 3.19. The third-order valence-corrected chi connectivity index (χ3v) is 10.7. The number of nitrogens with one attached hydrogen (secondary N) is 1. The highest BCUT2D eigenvalue weighted by Crippen LogP contribution is 2.15. The number of unbranched alkanes of at least 4 members (excludes halogenated alkanes) is 30. The van der Waals surface area contributed by atoms with Gasteiger partial charge in [-0.1, -0.05) is 206 Å². The molecule has 1 atom stereocenters. The van der Waals surface area contributed by atoms with Gasteiger partial charge >= 0.3 is 6.09 Å². The molecule has 0 fully saturated rings. The van der Waals surface area contributed by atoms with Gasteiger partial charge < -0.3 is 24.3 Å². The normalized spacial score (nSPS) is 12.3. The maximum Gasteiger partial charge on any atom is 0.407 e. The number of hydrogen-bond donors (Lipinski definition) is 1. The van der Waals surface area contributed by atoms with Crippen LogP contribution in [0.25, 0.3) is 0 Å². The predicted octanol–water partition coefficient (Wildman–Crippen LogP) is 14.3. The van der Waals surface area contributed by atoms with E-state index in [0.717, 1.165) is 19.4 Å². The first kappa shape index (κ1) is 55.1. The van der Waals surface area contributed by atoms with Crippen molar-refractivity contribution in [3.63, 3.8) is 0 Å². The zero-order valence-corrected chi connectivity index (χ0v) is 38.3. The molecule has 0 aromatic rings. The minimum absolute atomic E-state index is 0.156. The van der Waals surface area contributed by atoms with Crippen LogP contribution in [0.2, 0.25) is 0 Å². The van der Waals surface area contributed by atoms with Crippen molar-refractivity contribution in [2.45, 2.75) is 252 Å². The van der Waals surface area contributed by atoms with Gasteiger partial charge in [-0.25, -0.2) is 4.79 Å². The first-order chi connectivity index (χ1) is 27.5. The zero-order valence-electron chi connectivity index (χ0n) is 38.3. The topological polar surface area (TPSA) is 78.5 Å². The maximum atomic E-state index is 12.4. The molecule has 0 saturated carbocycles. The lowest BCUT2D eigenvalue weighted by Gasteiger charge is -2.19. The summed E-state index contributed by atoms with van der Waals surface area (Å²) < 4.78 is 23.3. The Bertz CT molecular complexity index is 757. The smallest absolute Gasteiger partial charge is 0.407 e. The Labute approximate surface area is 349 Å². The van der Waals surface area contributed by atoms with Crippen LogP contribution < -0.4 is 5.32 Å². The Kier molecular flexibility index (Phi) is 46.0. The van der Waals surface area contributed by atoms with Gasteiger partial charge in [0.15, 0.2) is 0 Å². The third kappa shape index (κ3) is 45.8. The van der Waals surface area contributed by atoms with E-state index in [1.54, 1.807) is 5.06 Å². The van der Waals surface area contributed by atoms with Gasteiger partial charge in [0.1, 0.15) is 19.4 Å². The highest BCUT2D eigenvalue weighted by atomic mass is 16.7. The van der Waals surface area contributed by atoms with Crippen LogP contribution in [0.4, 0.5) is 4.79 Å². The molecular weight excluding hydrogens is 701 g/mol. The number of ether oxygens (including phenoxy) is 4. The second kappa shape index (κ2) is 46.8. The molecule has 1 N–H and O–H groups in total. The molecule has 0 bridgehead atoms. The molecule has 0 saturated heterocycles. The molecule has 1 amide bonds. The van der Waals surface area contributed by atoms with Crippen molar-refractivity contribution in [3.8, 4) is 0 Å². The van der Waals surface area contributed by atoms with E-state index in [0.29, 0.717) is 39.5 Å². The summed E-state index contributed by atoms with van der Waals surface area (Å²) in [5.41, 5.74) is 0. The van der Waals surface area contributed by atoms with Gasteiger partial charge in [-0.3, -0.25) is 4.84 Å². The fourth-order valence-electron chi connectivity index (χ4n) is 7.01. The van der Waals surface area contributed by atoms with Gasteiger partial charge in [0.25, 0.3) is 0 Å². The van der Waals surface area contributed by atoms with Crippen LogP contribution in [0.15, 0.2) is 0 Å². The van der Waals surface area contributed by atoms with E-state index < -0.39 is 6.09 Å². The molecule has 0 aromatic carbocycles. The van der Waals surface area contributed by atoms with Gasteiger partial charge in [0, 0.05) is 26.8 Å². The first-order valence-corrected chi connectivity index (χ1v) is 24.5. The Morgan fingerprint density at radius 3 is 1.29 bits per heavy atom. The summed E-state index contributed by atoms with van der Waals surface area (Å²) in [7, 11) is 1.84. The Balaban J connectivity index is 4.08. The molecule has 0 aliphatic carbocycles. The number of hydroxylamine groups is 2. The lowest BCUT2D eigenvalue weighted by atomic mass is 10.0. The van der Waals surface area contributed by atoms with Crippen LogP contribution in [0, 0.1) is 0 Å². The number of nitrogens with zero attached hydrogens (tertiary/aromatic N) is 1. The van der Waals surface area contributed by atoms with Crippen molar-refractivity contribution in [2.75, 3.05) is 53.4 Å². The first-order valence-electron chi connectivity index (χ1n) is 24.5. The van der Waals surface area contributed by atoms with E-state index in [2.05, 4.69) is 19.2 Å². The van der Waals surface area contributed by atoms with Crippen LogP contribution in [-0.2, 0) is 23.8 Å². The summed E-state index contributed by atoms with van der Waals surface area (Å²) in [4.78, 5) is 18.0. The van der Waals surface area contributed by atoms with Crippen LogP contribution >= 0.6 is 0 Å². The molecule has 0 radical (unpaired) electrons. The molecule has 0 aliphatic heterocycles. The second-order valence-electron chi connectivity index (χ2n) is 16.9. The van der Waals surface area contributed by atoms with E-state index in [1.165, 1.54) is 193 Å². The molecule has 1 unspecified atom stereocenters. The molecule has 56 heavy (non-hydrogen) atoms. The minimum Gasteiger partial charge on any atom is -0.447 e. The van der Waals surface area contributed by atoms with Crippen molar-refractivity contribution in [2.24, 2.45) is 0 Å². The summed E-state index contributed by atoms with van der Waals surface area (Å²) in [5.74, 6) is 0. The van der Waals surface area contributed by atoms with E-state index in [1.807, 2.05) is 20.9 Å². The quantitative estimate of drug-likeness (QED) is 0.0373. The molecule has 0 spiro atoms. The molecule has 0 aliphatic rings. The lowest BCUT2D eigenvalue weighted by Crippen LogP contribution is -2.33. The molecule has 0 heterocycles. The van der Waals surface area contributed by atoms with Crippen molar-refractivity contribution >= 4 is 6.09 Å². The van der Waals surface area contributed by atoms with Crippen LogP contribution in [0.3, 0.4) is 0 Å². The standard InChI is InChI=1S/C48H98N2O6/c1-6-8-10-12-14-16-18-20-22-24-26-28-30-32-34-36-40-52-43-47(44-54-48(51)49-39-38-42-56-50(5)45-55-46(3)4)53-41-37-35-33-31-29-27-25-23-21-19-17-15-13-11-9-7-2/h46-47H,6-45H2,1-5H3,(H,49,51). The molecule has 8 nitrogen and oxygen atoms in total. The number of hydrogen-bond acceptors (Lipinski definition) is 7. The second-order valence-corrected chi connectivity index (χ2v) is 16.9. The Morgan fingerprint density at radius 2 is 0.875 bits per heavy atom. The molecule has 0 rings (SSSR count). The number of carbonyl (C=O) groups is 1. The fraction of sp³-hybridized carbons (Fsp3) is 0.979. The van der Waals surface area contributed by atoms with Gasteiger partial charge in [0.05, 0.1) is 19.3 Å². The average molecular weight is 799 g/mol. The van der Waals surface area contributed by atoms with Gasteiger partial charge in [-0.2, -0.15) is 5.06 Å². The summed E-state index contributed by atoms with van der Waals surface area (Å²) in [6.45, 7) is 12.0. The van der Waals surface area contributed by atoms with Gasteiger partial charge in [0.2, 0.25) is 0 Å². The highest BCUT2D eigenvalue weighted by Gasteiger charge is 2.13. The number of alkyl carbamates (subject to hydrolysis) is 1. The molecule has 0 aromatic heterocycles. The zero-order chi connectivity index (χ0) is 40.8. The summed E-state index contributed by atoms with van der Waals surface area (Å²) in [6.07, 6.45) is 43.7. The van der Waals surface area contributed by atoms with Gasteiger partial charge in [-0.05, 0) is 33.1 Å². The van der Waals surface area contributed by atoms with E-state index in [-0.39, 0.29) is 18.8 Å². The molecule has 8 heteroatoms. The van der Waals surface area contributed by atoms with Crippen molar-refractivity contribution in [1.29, 1.82) is 0 Å². The third-order valence-electron chi connectivity index (χ3n) is 10.7. The van der Waals surface area contributed by atoms with Crippen LogP contribution in [0.1, 0.15) is 240 Å². The summed E-state index contributed by atoms with van der Waals surface area (Å²) in [5, 5.41) is 4.49. The predicted molar refractivity (Wildman–Crippen MR) is 238 cm³/mol. The van der Waals surface area contributed by atoms with E-state index in [9.17, 15) is 4.79 Å². The summed E-state index contributed by atoms with van der Waals surface area (Å²) >= 11 is 0. The summed E-state index contributed by atoms with van der Waals surface area (Å²) in [6, 6.07) is 0. The maximum absolute atomic E-state index is 12.4.